The molecule has 1 aliphatic carbocycles. The molecule has 1 saturated carbocycles. The topological polar surface area (TPSA) is 261 Å². The molecule has 2 amide bonds. The van der Waals surface area contributed by atoms with Crippen LogP contribution in [0.3, 0.4) is 0 Å². The number of hydrogen-bond acceptors (Lipinski definition) is 18. The van der Waals surface area contributed by atoms with Gasteiger partial charge in [0, 0.05) is 101 Å². The zero-order valence-electron chi connectivity index (χ0n) is 52.5. The van der Waals surface area contributed by atoms with E-state index in [1.807, 2.05) is 36.0 Å². The number of amides is 2. The van der Waals surface area contributed by atoms with Crippen LogP contribution in [0.2, 0.25) is 0 Å². The number of likely N-dealkylation sites (N-methyl/N-ethyl adjacent to an activating group) is 3. The van der Waals surface area contributed by atoms with E-state index in [2.05, 4.69) is 83.9 Å². The summed E-state index contributed by atoms with van der Waals surface area (Å²) in [5.74, 6) is 2.59. The number of aliphatic hydroxyl groups is 6. The molecule has 90 heavy (non-hydrogen) atoms. The van der Waals surface area contributed by atoms with Gasteiger partial charge in [-0.2, -0.15) is 0 Å². The number of carbonyl (C=O) groups excluding carboxylic acids is 3. The van der Waals surface area contributed by atoms with Crippen molar-refractivity contribution in [1.29, 1.82) is 0 Å². The zero-order valence-corrected chi connectivity index (χ0v) is 52.5. The largest absolute Gasteiger partial charge is 0.481 e. The van der Waals surface area contributed by atoms with E-state index in [1.165, 1.54) is 25.9 Å². The maximum atomic E-state index is 12.4. The average Bonchev–Trinajstić information content (AvgIpc) is 2.63. The summed E-state index contributed by atoms with van der Waals surface area (Å²) in [4.78, 5) is 67.5. The number of hydrogen-bond donors (Lipinski definition) is 8. The molecule has 9 fully saturated rings. The minimum atomic E-state index is -0.768. The molecule has 0 aromatic carbocycles. The van der Waals surface area contributed by atoms with Gasteiger partial charge in [-0.1, -0.05) is 65.8 Å². The molecule has 0 bridgehead atoms. The highest BCUT2D eigenvalue weighted by atomic mass is 16.4. The number of piperidine rings is 5. The Hall–Kier alpha value is -3.29. The summed E-state index contributed by atoms with van der Waals surface area (Å²) in [6, 6.07) is 4.41. The van der Waals surface area contributed by atoms with Crippen LogP contribution in [-0.4, -0.2) is 300 Å². The molecule has 9 heterocycles. The lowest BCUT2D eigenvalue weighted by Crippen LogP contribution is -2.43. The number of nitrogens with one attached hydrogen (secondary N) is 1. The minimum absolute atomic E-state index is 0. The third-order valence-electron chi connectivity index (χ3n) is 18.2. The molecule has 1 aromatic heterocycles. The smallest absolute Gasteiger partial charge is 0.306 e. The highest BCUT2D eigenvalue weighted by Crippen LogP contribution is 2.28. The Kier molecular flexibility index (Phi) is 51.0. The number of rotatable bonds is 7. The number of aromatic nitrogens is 1. The normalized spacial score (nSPS) is 27.8. The molecule has 7 atom stereocenters. The molecule has 21 nitrogen and oxygen atoms in total. The molecule has 9 aliphatic rings. The van der Waals surface area contributed by atoms with E-state index in [1.54, 1.807) is 17.3 Å². The summed E-state index contributed by atoms with van der Waals surface area (Å²) < 4.78 is 0. The van der Waals surface area contributed by atoms with E-state index in [-0.39, 0.29) is 107 Å². The molecule has 8 aliphatic heterocycles. The van der Waals surface area contributed by atoms with Crippen molar-refractivity contribution in [3.8, 4) is 0 Å². The van der Waals surface area contributed by atoms with Gasteiger partial charge in [0.05, 0.1) is 42.5 Å². The molecule has 7 unspecified atom stereocenters. The highest BCUT2D eigenvalue weighted by molar-refractivity contribution is 5.83. The van der Waals surface area contributed by atoms with E-state index in [4.69, 9.17) is 25.5 Å². The number of pyridine rings is 1. The van der Waals surface area contributed by atoms with Crippen LogP contribution in [0.25, 0.3) is 0 Å². The molecule has 21 heteroatoms. The summed E-state index contributed by atoms with van der Waals surface area (Å²) in [6.07, 6.45) is 15.1. The predicted octanol–water partition coefficient (Wildman–Crippen LogP) is 5.97. The van der Waals surface area contributed by atoms with Gasteiger partial charge in [0.25, 0.3) is 0 Å². The Morgan fingerprint density at radius 2 is 0.844 bits per heavy atom. The van der Waals surface area contributed by atoms with Crippen LogP contribution in [-0.2, 0) is 25.6 Å². The van der Waals surface area contributed by atoms with Gasteiger partial charge in [-0.3, -0.25) is 24.2 Å². The molecular weight excluding hydrogens is 1140 g/mol. The number of Topliss-reactive ketones (excluding diaryl/α,β-unsaturated/α-hetero) is 1. The van der Waals surface area contributed by atoms with Crippen molar-refractivity contribution in [2.45, 2.75) is 205 Å². The summed E-state index contributed by atoms with van der Waals surface area (Å²) >= 11 is 0. The Bertz CT molecular complexity index is 1920. The van der Waals surface area contributed by atoms with Crippen molar-refractivity contribution in [3.63, 3.8) is 0 Å². The lowest BCUT2D eigenvalue weighted by molar-refractivity contribution is -0.143. The molecule has 8 N–H and O–H groups in total. The quantitative estimate of drug-likeness (QED) is 0.156. The van der Waals surface area contributed by atoms with Gasteiger partial charge in [-0.05, 0) is 215 Å². The zero-order chi connectivity index (χ0) is 61.2. The highest BCUT2D eigenvalue weighted by Gasteiger charge is 2.37. The summed E-state index contributed by atoms with van der Waals surface area (Å²) in [6.45, 7) is 18.2. The second kappa shape index (κ2) is 49.3. The van der Waals surface area contributed by atoms with Crippen LogP contribution in [0.1, 0.15) is 161 Å². The molecule has 0 spiro atoms. The van der Waals surface area contributed by atoms with Gasteiger partial charge in [0.2, 0.25) is 11.8 Å². The van der Waals surface area contributed by atoms with Crippen molar-refractivity contribution in [3.05, 3.63) is 30.1 Å². The molecular formula is C69H142N10O11. The number of nitrogens with zero attached hydrogens (tertiary/aromatic N) is 9. The Morgan fingerprint density at radius 3 is 1.19 bits per heavy atom. The van der Waals surface area contributed by atoms with E-state index in [0.717, 1.165) is 140 Å². The van der Waals surface area contributed by atoms with Crippen LogP contribution < -0.4 is 5.32 Å². The van der Waals surface area contributed by atoms with Crippen LogP contribution in [0, 0.1) is 35.5 Å². The monoisotopic (exact) mass is 1290 g/mol. The van der Waals surface area contributed by atoms with E-state index in [0.29, 0.717) is 56.8 Å². The third kappa shape index (κ3) is 35.3. The predicted molar refractivity (Wildman–Crippen MR) is 372 cm³/mol. The van der Waals surface area contributed by atoms with Gasteiger partial charge in [-0.25, -0.2) is 0 Å². The summed E-state index contributed by atoms with van der Waals surface area (Å²) in [5, 5.41) is 66.6. The van der Waals surface area contributed by atoms with Gasteiger partial charge in [0.1, 0.15) is 5.78 Å². The van der Waals surface area contributed by atoms with E-state index >= 15 is 0 Å². The van der Waals surface area contributed by atoms with Crippen LogP contribution in [0.5, 0.6) is 0 Å². The first-order chi connectivity index (χ1) is 39.4. The van der Waals surface area contributed by atoms with Crippen LogP contribution in [0.4, 0.5) is 0 Å². The molecule has 10 rings (SSSR count). The third-order valence-corrected chi connectivity index (χ3v) is 18.2. The van der Waals surface area contributed by atoms with Gasteiger partial charge in [0.15, 0.2) is 0 Å². The number of aliphatic hydroxyl groups excluding tert-OH is 6. The average molecular weight is 1290 g/mol. The lowest BCUT2D eigenvalue weighted by atomic mass is 9.83. The number of aliphatic carboxylic acids is 1. The fourth-order valence-corrected chi connectivity index (χ4v) is 12.2. The molecule has 8 saturated heterocycles. The van der Waals surface area contributed by atoms with Crippen LogP contribution in [0.15, 0.2) is 24.5 Å². The van der Waals surface area contributed by atoms with Crippen molar-refractivity contribution >= 4 is 23.6 Å². The molecule has 534 valence electrons. The number of likely N-dealkylation sites (tertiary alicyclic amines) is 7. The Morgan fingerprint density at radius 1 is 0.467 bits per heavy atom. The van der Waals surface area contributed by atoms with Crippen LogP contribution >= 0.6 is 0 Å². The van der Waals surface area contributed by atoms with Crippen molar-refractivity contribution in [2.24, 2.45) is 35.5 Å². The standard InChI is InChI=1S/C13H25N3O.C13H18N2O.C11H20N2O3.C8H14O2.C6H13NO2.C6H13N.C5H11NO2.7CH4/c1-14(2)12-6-9-16(10-12)13(17)11-4-7-15(3)8-5-11;1-15-8-4-12(5-9-15)13(16)10-11-2-6-14-7-3-11;1-12-4-2-8(3-5-12)11(16)13-6-9(14)10(15)7-13;1-6-2-4-7(5-3-6)8(9)10;1-7-3-5(8)2-6(9)4-7;1-6-2-4-7-5-3-6;1-6-2-4(7)5(8)3-6;;;;;;;/h11-12H,4-10H2,1-3H3;2-3,6-7,12H,4-5,8-10H2,1H3;8-10,14-15H,2-7H2,1H3;6-7H,2-5H2,1H3,(H,9,10);5-6,8-9H,2-4H2,1H3;6-7H,2-5H2,1H3;4-5,7-8H,2-3H2,1H3;7*1H4. The number of β-amino-alcohol motifs (C(OH)–C–C–N with tert-alkyl or cyclic N) is 6. The Labute approximate surface area is 550 Å². The SMILES string of the molecule is C.C.C.C.C.C.C.CC1CCC(C(=O)O)CC1.CC1CCNCC1.CN1CC(O)C(O)C1.CN1CC(O)CC(O)C1.CN1CCC(C(=O)Cc2ccncc2)CC1.CN1CCC(C(=O)N2CC(O)C(O)C2)CC1.CN1CCC(C(=O)N2CCC(N(C)C)C2)CC1. The lowest BCUT2D eigenvalue weighted by Gasteiger charge is -2.31. The maximum absolute atomic E-state index is 12.4. The minimum Gasteiger partial charge on any atom is -0.481 e. The van der Waals surface area contributed by atoms with Crippen molar-refractivity contribution in [2.75, 3.05) is 154 Å². The first kappa shape index (κ1) is 93.1. The summed E-state index contributed by atoms with van der Waals surface area (Å²) in [5.41, 5.74) is 1.08. The Balaban J connectivity index is -0.000000483. The first-order valence-electron chi connectivity index (χ1n) is 31.5. The van der Waals surface area contributed by atoms with Gasteiger partial charge >= 0.3 is 5.97 Å². The number of carbonyl (C=O) groups is 4. The fraction of sp³-hybridized carbons (Fsp3) is 0.870. The number of ketones is 1. The summed E-state index contributed by atoms with van der Waals surface area (Å²) in [7, 11) is 14.3. The molecule has 1 aromatic rings. The van der Waals surface area contributed by atoms with Crippen molar-refractivity contribution < 1.29 is 54.9 Å². The second-order valence-corrected chi connectivity index (χ2v) is 26.1. The maximum Gasteiger partial charge on any atom is 0.306 e. The molecule has 0 radical (unpaired) electrons. The second-order valence-electron chi connectivity index (χ2n) is 26.1. The van der Waals surface area contributed by atoms with E-state index < -0.39 is 30.4 Å². The van der Waals surface area contributed by atoms with E-state index in [9.17, 15) is 29.4 Å². The number of carboxylic acid groups (broad SMARTS) is 1. The fourth-order valence-electron chi connectivity index (χ4n) is 12.2. The number of carboxylic acids is 1. The first-order valence-corrected chi connectivity index (χ1v) is 31.5. The van der Waals surface area contributed by atoms with Gasteiger partial charge in [-0.15, -0.1) is 0 Å². The van der Waals surface area contributed by atoms with Crippen molar-refractivity contribution in [1.82, 2.24) is 49.5 Å². The van der Waals surface area contributed by atoms with Gasteiger partial charge < -0.3 is 80.3 Å².